The highest BCUT2D eigenvalue weighted by Gasteiger charge is 2.27. The van der Waals surface area contributed by atoms with E-state index in [0.717, 1.165) is 11.8 Å². The Bertz CT molecular complexity index is 155. The predicted molar refractivity (Wildman–Crippen MR) is 67.9 cm³/mol. The molecule has 0 radical (unpaired) electrons. The number of hydrogen-bond acceptors (Lipinski definition) is 1. The van der Waals surface area contributed by atoms with Crippen LogP contribution in [0.15, 0.2) is 0 Å². The van der Waals surface area contributed by atoms with Crippen LogP contribution in [0.25, 0.3) is 0 Å². The van der Waals surface area contributed by atoms with E-state index in [9.17, 15) is 0 Å². The summed E-state index contributed by atoms with van der Waals surface area (Å²) in [5, 5.41) is 0. The predicted octanol–water partition coefficient (Wildman–Crippen LogP) is 4.11. The first-order chi connectivity index (χ1) is 7.25. The molecule has 3 unspecified atom stereocenters. The van der Waals surface area contributed by atoms with Crippen LogP contribution in [0.2, 0.25) is 0 Å². The van der Waals surface area contributed by atoms with Crippen LogP contribution in [0.3, 0.4) is 0 Å². The van der Waals surface area contributed by atoms with Gasteiger partial charge < -0.3 is 5.73 Å². The zero-order valence-corrected chi connectivity index (χ0v) is 10.7. The third-order valence-corrected chi connectivity index (χ3v) is 4.12. The molecule has 3 atom stereocenters. The molecule has 1 fully saturated rings. The largest absolute Gasteiger partial charge is 0.327 e. The molecule has 0 bridgehead atoms. The van der Waals surface area contributed by atoms with E-state index in [4.69, 9.17) is 5.73 Å². The summed E-state index contributed by atoms with van der Waals surface area (Å²) in [6, 6.07) is 0.490. The van der Waals surface area contributed by atoms with Crippen LogP contribution in [0.5, 0.6) is 0 Å². The van der Waals surface area contributed by atoms with Crippen LogP contribution in [0.1, 0.15) is 71.6 Å². The van der Waals surface area contributed by atoms with E-state index in [0.29, 0.717) is 6.04 Å². The van der Waals surface area contributed by atoms with E-state index < -0.39 is 0 Å². The first-order valence-electron chi connectivity index (χ1n) is 7.01. The SMILES string of the molecule is CCCCCCCC(N)C1CCCC1C. The van der Waals surface area contributed by atoms with Gasteiger partial charge in [0.05, 0.1) is 0 Å². The van der Waals surface area contributed by atoms with Crippen LogP contribution in [0.4, 0.5) is 0 Å². The maximum Gasteiger partial charge on any atom is 0.00697 e. The maximum atomic E-state index is 6.28. The minimum atomic E-state index is 0.490. The van der Waals surface area contributed by atoms with Gasteiger partial charge >= 0.3 is 0 Å². The van der Waals surface area contributed by atoms with Gasteiger partial charge in [0.15, 0.2) is 0 Å². The molecule has 0 aromatic heterocycles. The second kappa shape index (κ2) is 7.27. The normalized spacial score (nSPS) is 28.2. The smallest absolute Gasteiger partial charge is 0.00697 e. The second-order valence-corrected chi connectivity index (χ2v) is 5.44. The van der Waals surface area contributed by atoms with E-state index in [-0.39, 0.29) is 0 Å². The Balaban J connectivity index is 2.05. The molecule has 2 N–H and O–H groups in total. The first-order valence-corrected chi connectivity index (χ1v) is 7.01. The standard InChI is InChI=1S/C14H29N/c1-3-4-5-6-7-11-14(15)13-10-8-9-12(13)2/h12-14H,3-11,15H2,1-2H3. The minimum absolute atomic E-state index is 0.490. The van der Waals surface area contributed by atoms with Crippen LogP contribution in [0, 0.1) is 11.8 Å². The average molecular weight is 211 g/mol. The zero-order chi connectivity index (χ0) is 11.1. The minimum Gasteiger partial charge on any atom is -0.327 e. The summed E-state index contributed by atoms with van der Waals surface area (Å²) >= 11 is 0. The lowest BCUT2D eigenvalue weighted by atomic mass is 9.88. The number of unbranched alkanes of at least 4 members (excludes halogenated alkanes) is 4. The van der Waals surface area contributed by atoms with Gasteiger partial charge in [0, 0.05) is 6.04 Å². The molecule has 1 aliphatic rings. The van der Waals surface area contributed by atoms with Crippen molar-refractivity contribution in [3.8, 4) is 0 Å². The number of hydrogen-bond donors (Lipinski definition) is 1. The first kappa shape index (κ1) is 13.0. The van der Waals surface area contributed by atoms with Crippen molar-refractivity contribution in [2.45, 2.75) is 77.7 Å². The quantitative estimate of drug-likeness (QED) is 0.630. The Morgan fingerprint density at radius 1 is 1.13 bits per heavy atom. The highest BCUT2D eigenvalue weighted by atomic mass is 14.7. The van der Waals surface area contributed by atoms with Gasteiger partial charge in [-0.15, -0.1) is 0 Å². The molecule has 15 heavy (non-hydrogen) atoms. The van der Waals surface area contributed by atoms with Gasteiger partial charge in [-0.25, -0.2) is 0 Å². The molecule has 1 heteroatoms. The van der Waals surface area contributed by atoms with Gasteiger partial charge in [-0.05, 0) is 24.7 Å². The van der Waals surface area contributed by atoms with Crippen molar-refractivity contribution in [2.24, 2.45) is 17.6 Å². The fourth-order valence-corrected chi connectivity index (χ4v) is 3.01. The summed E-state index contributed by atoms with van der Waals surface area (Å²) in [5.74, 6) is 1.71. The lowest BCUT2D eigenvalue weighted by Crippen LogP contribution is -2.31. The van der Waals surface area contributed by atoms with E-state index in [1.54, 1.807) is 0 Å². The molecule has 1 aliphatic carbocycles. The Kier molecular flexibility index (Phi) is 6.31. The summed E-state index contributed by atoms with van der Waals surface area (Å²) in [7, 11) is 0. The Hall–Kier alpha value is -0.0400. The monoisotopic (exact) mass is 211 g/mol. The molecular weight excluding hydrogens is 182 g/mol. The summed E-state index contributed by atoms with van der Waals surface area (Å²) in [6.45, 7) is 4.65. The van der Waals surface area contributed by atoms with Gasteiger partial charge in [0.1, 0.15) is 0 Å². The molecule has 0 spiro atoms. The van der Waals surface area contributed by atoms with Crippen LogP contribution < -0.4 is 5.73 Å². The van der Waals surface area contributed by atoms with Crippen LogP contribution in [-0.2, 0) is 0 Å². The summed E-state index contributed by atoms with van der Waals surface area (Å²) in [4.78, 5) is 0. The molecule has 0 aliphatic heterocycles. The topological polar surface area (TPSA) is 26.0 Å². The molecule has 1 nitrogen and oxygen atoms in total. The van der Waals surface area contributed by atoms with Gasteiger partial charge in [0.25, 0.3) is 0 Å². The maximum absolute atomic E-state index is 6.28. The van der Waals surface area contributed by atoms with Crippen LogP contribution >= 0.6 is 0 Å². The van der Waals surface area contributed by atoms with Gasteiger partial charge in [0.2, 0.25) is 0 Å². The Labute approximate surface area is 95.8 Å². The van der Waals surface area contributed by atoms with Crippen LogP contribution in [-0.4, -0.2) is 6.04 Å². The third-order valence-electron chi connectivity index (χ3n) is 4.12. The summed E-state index contributed by atoms with van der Waals surface area (Å²) in [6.07, 6.45) is 12.4. The van der Waals surface area contributed by atoms with Gasteiger partial charge in [-0.3, -0.25) is 0 Å². The van der Waals surface area contributed by atoms with Crippen molar-refractivity contribution in [2.75, 3.05) is 0 Å². The average Bonchev–Trinajstić information content (AvgIpc) is 2.64. The van der Waals surface area contributed by atoms with Crippen molar-refractivity contribution < 1.29 is 0 Å². The lowest BCUT2D eigenvalue weighted by Gasteiger charge is -2.23. The molecular formula is C14H29N. The van der Waals surface area contributed by atoms with Crippen molar-refractivity contribution in [3.05, 3.63) is 0 Å². The fourth-order valence-electron chi connectivity index (χ4n) is 3.01. The summed E-state index contributed by atoms with van der Waals surface area (Å²) < 4.78 is 0. The van der Waals surface area contributed by atoms with Crippen molar-refractivity contribution in [3.63, 3.8) is 0 Å². The Morgan fingerprint density at radius 2 is 1.87 bits per heavy atom. The molecule has 1 saturated carbocycles. The van der Waals surface area contributed by atoms with E-state index in [2.05, 4.69) is 13.8 Å². The molecule has 0 aromatic rings. The highest BCUT2D eigenvalue weighted by Crippen LogP contribution is 2.34. The molecule has 0 aromatic carbocycles. The molecule has 0 saturated heterocycles. The van der Waals surface area contributed by atoms with Crippen molar-refractivity contribution in [1.82, 2.24) is 0 Å². The molecule has 90 valence electrons. The zero-order valence-electron chi connectivity index (χ0n) is 10.7. The molecule has 0 amide bonds. The summed E-state index contributed by atoms with van der Waals surface area (Å²) in [5.41, 5.74) is 6.28. The van der Waals surface area contributed by atoms with Crippen molar-refractivity contribution in [1.29, 1.82) is 0 Å². The van der Waals surface area contributed by atoms with Crippen molar-refractivity contribution >= 4 is 0 Å². The van der Waals surface area contributed by atoms with E-state index in [1.807, 2.05) is 0 Å². The van der Waals surface area contributed by atoms with Gasteiger partial charge in [-0.1, -0.05) is 58.8 Å². The lowest BCUT2D eigenvalue weighted by molar-refractivity contribution is 0.324. The molecule has 1 rings (SSSR count). The van der Waals surface area contributed by atoms with E-state index >= 15 is 0 Å². The third kappa shape index (κ3) is 4.55. The van der Waals surface area contributed by atoms with E-state index in [1.165, 1.54) is 57.8 Å². The van der Waals surface area contributed by atoms with Gasteiger partial charge in [-0.2, -0.15) is 0 Å². The number of rotatable bonds is 7. The fraction of sp³-hybridized carbons (Fsp3) is 1.00. The molecule has 0 heterocycles. The second-order valence-electron chi connectivity index (χ2n) is 5.44. The highest BCUT2D eigenvalue weighted by molar-refractivity contribution is 4.82. The Morgan fingerprint density at radius 3 is 2.47 bits per heavy atom. The number of nitrogens with two attached hydrogens (primary N) is 1.